The molecule has 0 radical (unpaired) electrons. The lowest BCUT2D eigenvalue weighted by Crippen LogP contribution is -2.35. The summed E-state index contributed by atoms with van der Waals surface area (Å²) in [7, 11) is 1.67. The first-order valence-corrected chi connectivity index (χ1v) is 7.21. The number of hydrogen-bond donors (Lipinski definition) is 1. The van der Waals surface area contributed by atoms with E-state index in [1.165, 1.54) is 6.07 Å². The molecule has 1 rings (SSSR count). The van der Waals surface area contributed by atoms with Gasteiger partial charge in [-0.1, -0.05) is 19.1 Å². The van der Waals surface area contributed by atoms with Crippen molar-refractivity contribution in [2.24, 2.45) is 5.73 Å². The second kappa shape index (κ2) is 8.29. The summed E-state index contributed by atoms with van der Waals surface area (Å²) in [6, 6.07) is 5.14. The Balaban J connectivity index is 2.91. The standard InChI is InChI=1S/C15H23FN2OS/c1-4-11(2)18(7-8-19-3)10-13-9-12(15(17)20)5-6-14(13)16/h5-6,9,11H,4,7-8,10H2,1-3H3,(H2,17,20). The molecule has 1 aromatic carbocycles. The summed E-state index contributed by atoms with van der Waals surface area (Å²) in [5, 5.41) is 0. The lowest BCUT2D eigenvalue weighted by Gasteiger charge is -2.28. The van der Waals surface area contributed by atoms with Gasteiger partial charge < -0.3 is 10.5 Å². The molecule has 1 atom stereocenters. The van der Waals surface area contributed by atoms with Crippen LogP contribution in [0.25, 0.3) is 0 Å². The number of nitrogens with zero attached hydrogens (tertiary/aromatic N) is 1. The average molecular weight is 298 g/mol. The summed E-state index contributed by atoms with van der Waals surface area (Å²) in [5.41, 5.74) is 6.92. The number of thiocarbonyl (C=S) groups is 1. The van der Waals surface area contributed by atoms with Gasteiger partial charge in [0, 0.05) is 37.4 Å². The maximum Gasteiger partial charge on any atom is 0.127 e. The Morgan fingerprint density at radius 2 is 2.20 bits per heavy atom. The van der Waals surface area contributed by atoms with Crippen LogP contribution in [0.15, 0.2) is 18.2 Å². The SMILES string of the molecule is CCC(C)N(CCOC)Cc1cc(C(N)=S)ccc1F. The van der Waals surface area contributed by atoms with Crippen LogP contribution < -0.4 is 5.73 Å². The van der Waals surface area contributed by atoms with Crippen LogP contribution >= 0.6 is 12.2 Å². The van der Waals surface area contributed by atoms with Crippen LogP contribution in [0.1, 0.15) is 31.4 Å². The van der Waals surface area contributed by atoms with Gasteiger partial charge in [-0.25, -0.2) is 4.39 Å². The van der Waals surface area contributed by atoms with Crippen LogP contribution in [0, 0.1) is 5.82 Å². The molecule has 20 heavy (non-hydrogen) atoms. The Kier molecular flexibility index (Phi) is 7.05. The van der Waals surface area contributed by atoms with Crippen molar-refractivity contribution in [1.82, 2.24) is 4.90 Å². The minimum absolute atomic E-state index is 0.226. The molecule has 0 saturated heterocycles. The Morgan fingerprint density at radius 3 is 2.75 bits per heavy atom. The molecule has 3 nitrogen and oxygen atoms in total. The Hall–Kier alpha value is -1.04. The van der Waals surface area contributed by atoms with Gasteiger partial charge in [0.05, 0.1) is 6.61 Å². The molecule has 0 aliphatic carbocycles. The molecule has 0 aliphatic heterocycles. The summed E-state index contributed by atoms with van der Waals surface area (Å²) in [4.78, 5) is 2.49. The van der Waals surface area contributed by atoms with Gasteiger partial charge in [-0.05, 0) is 31.5 Å². The van der Waals surface area contributed by atoms with Gasteiger partial charge in [0.15, 0.2) is 0 Å². The highest BCUT2D eigenvalue weighted by molar-refractivity contribution is 7.80. The van der Waals surface area contributed by atoms with Crippen molar-refractivity contribution in [3.63, 3.8) is 0 Å². The number of halogens is 1. The van der Waals surface area contributed by atoms with E-state index in [1.807, 2.05) is 0 Å². The number of methoxy groups -OCH3 is 1. The second-order valence-electron chi connectivity index (χ2n) is 4.89. The summed E-state index contributed by atoms with van der Waals surface area (Å²) >= 11 is 4.94. The average Bonchev–Trinajstić information content (AvgIpc) is 2.44. The van der Waals surface area contributed by atoms with E-state index in [4.69, 9.17) is 22.7 Å². The summed E-state index contributed by atoms with van der Waals surface area (Å²) in [6.45, 7) is 6.17. The van der Waals surface area contributed by atoms with Gasteiger partial charge in [0.2, 0.25) is 0 Å². The van der Waals surface area contributed by atoms with E-state index in [2.05, 4.69) is 18.7 Å². The smallest absolute Gasteiger partial charge is 0.127 e. The molecule has 5 heteroatoms. The van der Waals surface area contributed by atoms with E-state index in [9.17, 15) is 4.39 Å². The van der Waals surface area contributed by atoms with Crippen LogP contribution in [-0.4, -0.2) is 36.2 Å². The van der Waals surface area contributed by atoms with Crippen molar-refractivity contribution < 1.29 is 9.13 Å². The number of ether oxygens (including phenoxy) is 1. The van der Waals surface area contributed by atoms with Crippen LogP contribution in [0.2, 0.25) is 0 Å². The molecule has 0 bridgehead atoms. The lowest BCUT2D eigenvalue weighted by atomic mass is 10.1. The molecular weight excluding hydrogens is 275 g/mol. The Bertz CT molecular complexity index is 453. The minimum Gasteiger partial charge on any atom is -0.389 e. The fourth-order valence-corrected chi connectivity index (χ4v) is 2.12. The predicted octanol–water partition coefficient (Wildman–Crippen LogP) is 2.71. The first-order valence-electron chi connectivity index (χ1n) is 6.80. The van der Waals surface area contributed by atoms with Gasteiger partial charge in [-0.3, -0.25) is 4.90 Å². The molecule has 2 N–H and O–H groups in total. The fraction of sp³-hybridized carbons (Fsp3) is 0.533. The van der Waals surface area contributed by atoms with Crippen molar-refractivity contribution in [2.75, 3.05) is 20.3 Å². The third-order valence-electron chi connectivity index (χ3n) is 3.50. The number of hydrogen-bond acceptors (Lipinski definition) is 3. The third kappa shape index (κ3) is 4.81. The molecule has 0 amide bonds. The van der Waals surface area contributed by atoms with Crippen LogP contribution in [0.4, 0.5) is 4.39 Å². The minimum atomic E-state index is -0.226. The largest absolute Gasteiger partial charge is 0.389 e. The first-order chi connectivity index (χ1) is 9.49. The number of benzene rings is 1. The maximum atomic E-state index is 13.9. The highest BCUT2D eigenvalue weighted by Gasteiger charge is 2.15. The first kappa shape index (κ1) is 17.0. The van der Waals surface area contributed by atoms with E-state index in [0.29, 0.717) is 35.3 Å². The highest BCUT2D eigenvalue weighted by Crippen LogP contribution is 2.16. The lowest BCUT2D eigenvalue weighted by molar-refractivity contribution is 0.117. The fourth-order valence-electron chi connectivity index (χ4n) is 1.99. The van der Waals surface area contributed by atoms with Gasteiger partial charge >= 0.3 is 0 Å². The van der Waals surface area contributed by atoms with Crippen molar-refractivity contribution in [3.05, 3.63) is 35.1 Å². The molecule has 0 heterocycles. The molecule has 0 spiro atoms. The van der Waals surface area contributed by atoms with E-state index in [0.717, 1.165) is 13.0 Å². The zero-order valence-electron chi connectivity index (χ0n) is 12.4. The van der Waals surface area contributed by atoms with Gasteiger partial charge in [-0.2, -0.15) is 0 Å². The van der Waals surface area contributed by atoms with E-state index >= 15 is 0 Å². The molecule has 112 valence electrons. The molecule has 0 aromatic heterocycles. The summed E-state index contributed by atoms with van der Waals surface area (Å²) in [6.07, 6.45) is 1.00. The van der Waals surface area contributed by atoms with Gasteiger partial charge in [0.1, 0.15) is 10.8 Å². The maximum absolute atomic E-state index is 13.9. The third-order valence-corrected chi connectivity index (χ3v) is 3.74. The van der Waals surface area contributed by atoms with E-state index < -0.39 is 0 Å². The van der Waals surface area contributed by atoms with Crippen LogP contribution in [-0.2, 0) is 11.3 Å². The second-order valence-corrected chi connectivity index (χ2v) is 5.33. The zero-order valence-corrected chi connectivity index (χ0v) is 13.2. The predicted molar refractivity (Wildman–Crippen MR) is 84.3 cm³/mol. The molecule has 0 fully saturated rings. The van der Waals surface area contributed by atoms with E-state index in [-0.39, 0.29) is 5.82 Å². The topological polar surface area (TPSA) is 38.5 Å². The molecule has 0 aliphatic rings. The summed E-state index contributed by atoms with van der Waals surface area (Å²) in [5.74, 6) is -0.226. The van der Waals surface area contributed by atoms with Crippen molar-refractivity contribution >= 4 is 17.2 Å². The number of rotatable bonds is 8. The summed E-state index contributed by atoms with van der Waals surface area (Å²) < 4.78 is 19.1. The highest BCUT2D eigenvalue weighted by atomic mass is 32.1. The Labute approximate surface area is 125 Å². The van der Waals surface area contributed by atoms with Gasteiger partial charge in [-0.15, -0.1) is 0 Å². The van der Waals surface area contributed by atoms with Crippen molar-refractivity contribution in [2.45, 2.75) is 32.9 Å². The van der Waals surface area contributed by atoms with Gasteiger partial charge in [0.25, 0.3) is 0 Å². The Morgan fingerprint density at radius 1 is 1.50 bits per heavy atom. The van der Waals surface area contributed by atoms with Crippen LogP contribution in [0.3, 0.4) is 0 Å². The molecular formula is C15H23FN2OS. The van der Waals surface area contributed by atoms with Crippen molar-refractivity contribution in [1.29, 1.82) is 0 Å². The normalized spacial score (nSPS) is 12.7. The molecule has 1 aromatic rings. The van der Waals surface area contributed by atoms with Crippen molar-refractivity contribution in [3.8, 4) is 0 Å². The number of nitrogens with two attached hydrogens (primary N) is 1. The quantitative estimate of drug-likeness (QED) is 0.749. The van der Waals surface area contributed by atoms with Crippen LogP contribution in [0.5, 0.6) is 0 Å². The monoisotopic (exact) mass is 298 g/mol. The molecule has 0 saturated carbocycles. The van der Waals surface area contributed by atoms with E-state index in [1.54, 1.807) is 19.2 Å². The zero-order chi connectivity index (χ0) is 15.1. The molecule has 1 unspecified atom stereocenters.